The maximum absolute atomic E-state index is 13.5. The van der Waals surface area contributed by atoms with Crippen LogP contribution in [0, 0.1) is 11.4 Å². The summed E-state index contributed by atoms with van der Waals surface area (Å²) < 4.78 is 13.5. The van der Waals surface area contributed by atoms with E-state index >= 15 is 0 Å². The lowest BCUT2D eigenvalue weighted by Gasteiger charge is -2.42. The van der Waals surface area contributed by atoms with Gasteiger partial charge in [0.2, 0.25) is 5.95 Å². The van der Waals surface area contributed by atoms with Crippen LogP contribution in [0.3, 0.4) is 0 Å². The van der Waals surface area contributed by atoms with Gasteiger partial charge in [-0.05, 0) is 42.4 Å². The van der Waals surface area contributed by atoms with Crippen LogP contribution >= 0.6 is 23.4 Å². The van der Waals surface area contributed by atoms with Crippen molar-refractivity contribution in [1.29, 1.82) is 0 Å². The molecule has 0 aromatic carbocycles. The highest BCUT2D eigenvalue weighted by Crippen LogP contribution is 2.50. The summed E-state index contributed by atoms with van der Waals surface area (Å²) >= 11 is 7.24. The highest BCUT2D eigenvalue weighted by molar-refractivity contribution is 7.99. The summed E-state index contributed by atoms with van der Waals surface area (Å²) in [5, 5.41) is 0.650. The first-order valence-corrected chi connectivity index (χ1v) is 11.0. The average molecular weight is 443 g/mol. The lowest BCUT2D eigenvalue weighted by Crippen LogP contribution is -2.44. The summed E-state index contributed by atoms with van der Waals surface area (Å²) in [6, 6.07) is 5.78. The topological polar surface area (TPSA) is 80.8 Å². The molecular weight excluding hydrogens is 423 g/mol. The van der Waals surface area contributed by atoms with Gasteiger partial charge in [0.05, 0.1) is 12.4 Å². The van der Waals surface area contributed by atoms with Crippen LogP contribution < -0.4 is 10.6 Å². The molecule has 4 heterocycles. The molecule has 2 aliphatic rings. The summed E-state index contributed by atoms with van der Waals surface area (Å²) in [6.45, 7) is 1.76. The van der Waals surface area contributed by atoms with Crippen LogP contribution in [-0.2, 0) is 6.42 Å². The van der Waals surface area contributed by atoms with Crippen LogP contribution in [0.15, 0.2) is 52.9 Å². The van der Waals surface area contributed by atoms with Crippen LogP contribution in [-0.4, -0.2) is 33.0 Å². The molecule has 2 N–H and O–H groups in total. The van der Waals surface area contributed by atoms with E-state index in [2.05, 4.69) is 30.9 Å². The maximum atomic E-state index is 13.5. The van der Waals surface area contributed by atoms with E-state index in [1.165, 1.54) is 23.5 Å². The molecule has 3 aromatic heterocycles. The zero-order valence-electron chi connectivity index (χ0n) is 16.1. The minimum Gasteiger partial charge on any atom is -0.355 e. The normalized spacial score (nSPS) is 19.8. The van der Waals surface area contributed by atoms with Gasteiger partial charge in [0, 0.05) is 42.1 Å². The van der Waals surface area contributed by atoms with E-state index < -0.39 is 5.95 Å². The van der Waals surface area contributed by atoms with E-state index in [1.54, 1.807) is 18.5 Å². The van der Waals surface area contributed by atoms with Crippen molar-refractivity contribution in [3.05, 3.63) is 65.2 Å². The molecule has 0 unspecified atom stereocenters. The number of fused-ring (bicyclic) bond motifs is 1. The zero-order valence-corrected chi connectivity index (χ0v) is 17.7. The van der Waals surface area contributed by atoms with Crippen molar-refractivity contribution >= 4 is 29.2 Å². The first-order chi connectivity index (χ1) is 14.6. The van der Waals surface area contributed by atoms with Crippen molar-refractivity contribution in [2.75, 3.05) is 18.0 Å². The van der Waals surface area contributed by atoms with Gasteiger partial charge >= 0.3 is 0 Å². The van der Waals surface area contributed by atoms with Crippen molar-refractivity contribution in [3.63, 3.8) is 0 Å². The van der Waals surface area contributed by atoms with E-state index in [-0.39, 0.29) is 16.5 Å². The Bertz CT molecular complexity index is 1070. The zero-order chi connectivity index (χ0) is 20.7. The van der Waals surface area contributed by atoms with E-state index in [4.69, 9.17) is 17.3 Å². The Morgan fingerprint density at radius 2 is 1.93 bits per heavy atom. The Labute approximate surface area is 183 Å². The Morgan fingerprint density at radius 3 is 2.67 bits per heavy atom. The third kappa shape index (κ3) is 3.42. The molecule has 5 rings (SSSR count). The second-order valence-electron chi connectivity index (χ2n) is 7.77. The van der Waals surface area contributed by atoms with Crippen LogP contribution in [0.25, 0.3) is 0 Å². The number of nitrogens with two attached hydrogens (primary N) is 1. The number of hydrogen-bond acceptors (Lipinski definition) is 7. The smallest absolute Gasteiger partial charge is 0.232 e. The molecular formula is C21H20ClFN6S. The van der Waals surface area contributed by atoms with Gasteiger partial charge in [-0.1, -0.05) is 29.4 Å². The first kappa shape index (κ1) is 19.7. The second-order valence-corrected chi connectivity index (χ2v) is 9.21. The minimum absolute atomic E-state index is 0.00177. The number of nitrogens with zero attached hydrogens (tertiary/aromatic N) is 5. The predicted octanol–water partition coefficient (Wildman–Crippen LogP) is 4.05. The van der Waals surface area contributed by atoms with E-state index in [1.807, 2.05) is 12.3 Å². The number of hydrogen-bond donors (Lipinski definition) is 1. The molecule has 0 saturated carbocycles. The second kappa shape index (κ2) is 7.76. The van der Waals surface area contributed by atoms with Crippen molar-refractivity contribution < 1.29 is 4.39 Å². The highest BCUT2D eigenvalue weighted by atomic mass is 35.5. The lowest BCUT2D eigenvalue weighted by molar-refractivity contribution is 0.186. The van der Waals surface area contributed by atoms with Gasteiger partial charge in [0.1, 0.15) is 15.9 Å². The fourth-order valence-corrected chi connectivity index (χ4v) is 5.41. The highest BCUT2D eigenvalue weighted by Gasteiger charge is 2.46. The summed E-state index contributed by atoms with van der Waals surface area (Å²) in [4.78, 5) is 19.9. The molecule has 0 radical (unpaired) electrons. The summed E-state index contributed by atoms with van der Waals surface area (Å²) in [7, 11) is 0. The molecule has 6 nitrogen and oxygen atoms in total. The fourth-order valence-electron chi connectivity index (χ4n) is 4.44. The molecule has 0 amide bonds. The van der Waals surface area contributed by atoms with Gasteiger partial charge in [-0.2, -0.15) is 4.39 Å². The number of aromatic nitrogens is 4. The number of anilines is 1. The molecule has 3 aromatic rings. The Kier molecular flexibility index (Phi) is 5.08. The van der Waals surface area contributed by atoms with Gasteiger partial charge in [-0.25, -0.2) is 15.0 Å². The van der Waals surface area contributed by atoms with Crippen LogP contribution in [0.2, 0.25) is 5.02 Å². The largest absolute Gasteiger partial charge is 0.355 e. The molecule has 1 saturated heterocycles. The number of piperidine rings is 1. The number of pyridine rings is 2. The quantitative estimate of drug-likeness (QED) is 0.612. The van der Waals surface area contributed by atoms with Crippen molar-refractivity contribution in [2.24, 2.45) is 11.1 Å². The Morgan fingerprint density at radius 1 is 1.10 bits per heavy atom. The van der Waals surface area contributed by atoms with Crippen LogP contribution in [0.5, 0.6) is 0 Å². The fraction of sp³-hybridized carbons (Fsp3) is 0.333. The van der Waals surface area contributed by atoms with Gasteiger partial charge in [-0.15, -0.1) is 0 Å². The van der Waals surface area contributed by atoms with E-state index in [9.17, 15) is 4.39 Å². The summed E-state index contributed by atoms with van der Waals surface area (Å²) in [6.07, 6.45) is 9.63. The van der Waals surface area contributed by atoms with Crippen LogP contribution in [0.1, 0.15) is 30.1 Å². The number of rotatable bonds is 3. The maximum Gasteiger partial charge on any atom is 0.232 e. The van der Waals surface area contributed by atoms with Crippen LogP contribution in [0.4, 0.5) is 10.2 Å². The average Bonchev–Trinajstić information content (AvgIpc) is 3.04. The van der Waals surface area contributed by atoms with Crippen molar-refractivity contribution in [1.82, 2.24) is 19.9 Å². The molecule has 1 atom stereocenters. The molecule has 0 bridgehead atoms. The van der Waals surface area contributed by atoms with Crippen molar-refractivity contribution in [2.45, 2.75) is 35.2 Å². The minimum atomic E-state index is -0.684. The predicted molar refractivity (Wildman–Crippen MR) is 114 cm³/mol. The van der Waals surface area contributed by atoms with E-state index in [0.29, 0.717) is 9.92 Å². The summed E-state index contributed by atoms with van der Waals surface area (Å²) in [5.74, 6) is 0.152. The lowest BCUT2D eigenvalue weighted by atomic mass is 9.73. The third-order valence-electron chi connectivity index (χ3n) is 6.16. The van der Waals surface area contributed by atoms with Gasteiger partial charge < -0.3 is 10.6 Å². The van der Waals surface area contributed by atoms with E-state index in [0.717, 1.165) is 43.9 Å². The molecule has 9 heteroatoms. The van der Waals surface area contributed by atoms with Gasteiger partial charge in [-0.3, -0.25) is 4.98 Å². The standard InChI is InChI=1S/C21H20ClFN6S/c22-18-15(3-7-26-20(18)23)30-17-12-27-16(11-28-17)29-8-4-21(5-9-29)10-14-13(19(21)24)2-1-6-25-14/h1-3,6-7,11-12,19H,4-5,8-10,24H2/t19-/m1/s1. The molecule has 1 aliphatic heterocycles. The summed E-state index contributed by atoms with van der Waals surface area (Å²) in [5.41, 5.74) is 9.04. The van der Waals surface area contributed by atoms with Gasteiger partial charge in [0.25, 0.3) is 0 Å². The monoisotopic (exact) mass is 442 g/mol. The molecule has 154 valence electrons. The Hall–Kier alpha value is -2.29. The van der Waals surface area contributed by atoms with Gasteiger partial charge in [0.15, 0.2) is 0 Å². The van der Waals surface area contributed by atoms with Crippen molar-refractivity contribution in [3.8, 4) is 0 Å². The Balaban J connectivity index is 1.26. The number of halogens is 2. The molecule has 1 spiro atoms. The molecule has 1 fully saturated rings. The first-order valence-electron chi connectivity index (χ1n) is 9.80. The third-order valence-corrected chi connectivity index (χ3v) is 7.61. The molecule has 30 heavy (non-hydrogen) atoms. The SMILES string of the molecule is N[C@@H]1c2cccnc2CC12CCN(c1cnc(Sc3ccnc(F)c3Cl)cn1)CC2. The molecule has 1 aliphatic carbocycles.